The van der Waals surface area contributed by atoms with Crippen LogP contribution in [0.3, 0.4) is 0 Å². The Morgan fingerprint density at radius 3 is 2.64 bits per heavy atom. The number of nitrogens with one attached hydrogen (secondary N) is 1. The number of benzene rings is 2. The molecule has 3 rings (SSSR count). The van der Waals surface area contributed by atoms with E-state index in [2.05, 4.69) is 10.1 Å². The zero-order valence-corrected chi connectivity index (χ0v) is 17.5. The van der Waals surface area contributed by atoms with Crippen molar-refractivity contribution < 1.29 is 42.1 Å². The van der Waals surface area contributed by atoms with E-state index < -0.39 is 48.9 Å². The van der Waals surface area contributed by atoms with Gasteiger partial charge in [0.25, 0.3) is 5.91 Å². The molecule has 0 saturated carbocycles. The molecule has 0 spiro atoms. The van der Waals surface area contributed by atoms with Crippen molar-refractivity contribution in [2.45, 2.75) is 32.1 Å². The molecule has 2 N–H and O–H groups in total. The Hall–Kier alpha value is -3.60. The second-order valence-corrected chi connectivity index (χ2v) is 7.40. The summed E-state index contributed by atoms with van der Waals surface area (Å²) in [7, 11) is 0. The lowest BCUT2D eigenvalue weighted by Gasteiger charge is -2.21. The van der Waals surface area contributed by atoms with E-state index in [0.717, 1.165) is 4.90 Å². The summed E-state index contributed by atoms with van der Waals surface area (Å²) in [5, 5.41) is 11.6. The highest BCUT2D eigenvalue weighted by molar-refractivity contribution is 5.97. The Labute approximate surface area is 186 Å². The Balaban J connectivity index is 1.61. The topological polar surface area (TPSA) is 105 Å². The van der Waals surface area contributed by atoms with Crippen molar-refractivity contribution in [2.75, 3.05) is 13.1 Å². The molecule has 0 aliphatic carbocycles. The standard InChI is InChI=1S/C22H21F3N2O6/c1-12-5-6-18(16(23)7-12)32-14-4-2-3-13(8-14)20(29)26-10-19(28)27-11-15(33-22(24)25)9-17(27)21(30)31/h2-8,15,17,22H,9-11H2,1H3,(H,26,29)(H,30,31)/t15?,17-/m0/s1. The molecule has 1 heterocycles. The number of ether oxygens (including phenoxy) is 2. The summed E-state index contributed by atoms with van der Waals surface area (Å²) in [6, 6.07) is 8.91. The number of halogens is 3. The summed E-state index contributed by atoms with van der Waals surface area (Å²) < 4.78 is 48.7. The molecule has 2 aromatic carbocycles. The summed E-state index contributed by atoms with van der Waals surface area (Å²) >= 11 is 0. The second-order valence-electron chi connectivity index (χ2n) is 7.40. The molecule has 1 aliphatic heterocycles. The molecule has 176 valence electrons. The Kier molecular flexibility index (Phi) is 7.54. The van der Waals surface area contributed by atoms with Crippen molar-refractivity contribution in [3.8, 4) is 11.5 Å². The molecule has 0 radical (unpaired) electrons. The van der Waals surface area contributed by atoms with Crippen LogP contribution in [0.15, 0.2) is 42.5 Å². The van der Waals surface area contributed by atoms with Crippen molar-refractivity contribution in [3.63, 3.8) is 0 Å². The minimum Gasteiger partial charge on any atom is -0.480 e. The number of alkyl halides is 2. The molecule has 8 nitrogen and oxygen atoms in total. The van der Waals surface area contributed by atoms with Gasteiger partial charge in [0.2, 0.25) is 5.91 Å². The van der Waals surface area contributed by atoms with Gasteiger partial charge in [-0.05, 0) is 42.8 Å². The van der Waals surface area contributed by atoms with Crippen molar-refractivity contribution >= 4 is 17.8 Å². The van der Waals surface area contributed by atoms with Gasteiger partial charge in [-0.2, -0.15) is 8.78 Å². The third-order valence-corrected chi connectivity index (χ3v) is 4.98. The molecular formula is C22H21F3N2O6. The summed E-state index contributed by atoms with van der Waals surface area (Å²) in [6.07, 6.45) is -1.41. The number of carboxylic acid groups (broad SMARTS) is 1. The van der Waals surface area contributed by atoms with Crippen LogP contribution in [0.2, 0.25) is 0 Å². The van der Waals surface area contributed by atoms with E-state index in [1.54, 1.807) is 13.0 Å². The lowest BCUT2D eigenvalue weighted by molar-refractivity contribution is -0.160. The maximum atomic E-state index is 14.0. The second kappa shape index (κ2) is 10.3. The molecule has 0 aromatic heterocycles. The van der Waals surface area contributed by atoms with Gasteiger partial charge in [0.1, 0.15) is 11.8 Å². The number of aliphatic carboxylic acids is 1. The zero-order chi connectivity index (χ0) is 24.1. The van der Waals surface area contributed by atoms with E-state index in [1.807, 2.05) is 0 Å². The van der Waals surface area contributed by atoms with E-state index in [9.17, 15) is 32.7 Å². The molecule has 33 heavy (non-hydrogen) atoms. The van der Waals surface area contributed by atoms with Crippen molar-refractivity contribution in [2.24, 2.45) is 0 Å². The van der Waals surface area contributed by atoms with E-state index in [0.29, 0.717) is 5.56 Å². The molecule has 11 heteroatoms. The average Bonchev–Trinajstić information content (AvgIpc) is 3.17. The van der Waals surface area contributed by atoms with E-state index in [1.165, 1.54) is 36.4 Å². The number of hydrogen-bond donors (Lipinski definition) is 2. The van der Waals surface area contributed by atoms with Gasteiger partial charge in [-0.25, -0.2) is 9.18 Å². The predicted octanol–water partition coefficient (Wildman–Crippen LogP) is 2.95. The quantitative estimate of drug-likeness (QED) is 0.620. The first kappa shape index (κ1) is 24.1. The lowest BCUT2D eigenvalue weighted by Crippen LogP contribution is -2.45. The number of likely N-dealkylation sites (tertiary alicyclic amines) is 1. The van der Waals surface area contributed by atoms with Crippen LogP contribution in [0, 0.1) is 12.7 Å². The maximum absolute atomic E-state index is 14.0. The van der Waals surface area contributed by atoms with E-state index >= 15 is 0 Å². The molecule has 1 saturated heterocycles. The first-order valence-corrected chi connectivity index (χ1v) is 9.92. The van der Waals surface area contributed by atoms with Crippen LogP contribution in [-0.4, -0.2) is 59.6 Å². The van der Waals surface area contributed by atoms with E-state index in [-0.39, 0.29) is 30.0 Å². The summed E-state index contributed by atoms with van der Waals surface area (Å²) in [5.74, 6) is -3.18. The Morgan fingerprint density at radius 1 is 1.21 bits per heavy atom. The predicted molar refractivity (Wildman–Crippen MR) is 109 cm³/mol. The van der Waals surface area contributed by atoms with Crippen LogP contribution in [0.1, 0.15) is 22.3 Å². The third-order valence-electron chi connectivity index (χ3n) is 4.98. The highest BCUT2D eigenvalue weighted by atomic mass is 19.3. The first-order chi connectivity index (χ1) is 15.6. The van der Waals surface area contributed by atoms with Gasteiger partial charge in [-0.1, -0.05) is 12.1 Å². The van der Waals surface area contributed by atoms with Crippen LogP contribution < -0.4 is 10.1 Å². The molecule has 2 atom stereocenters. The fourth-order valence-corrected chi connectivity index (χ4v) is 3.43. The van der Waals surface area contributed by atoms with Crippen LogP contribution in [0.4, 0.5) is 13.2 Å². The van der Waals surface area contributed by atoms with Gasteiger partial charge in [-0.3, -0.25) is 9.59 Å². The summed E-state index contributed by atoms with van der Waals surface area (Å²) in [6.45, 7) is -2.25. The largest absolute Gasteiger partial charge is 0.480 e. The molecule has 1 fully saturated rings. The Bertz CT molecular complexity index is 1050. The average molecular weight is 466 g/mol. The van der Waals surface area contributed by atoms with Crippen molar-refractivity contribution in [3.05, 3.63) is 59.4 Å². The fraction of sp³-hybridized carbons (Fsp3) is 0.318. The van der Waals surface area contributed by atoms with Crippen LogP contribution in [-0.2, 0) is 14.3 Å². The highest BCUT2D eigenvalue weighted by Crippen LogP contribution is 2.26. The van der Waals surface area contributed by atoms with Gasteiger partial charge < -0.3 is 24.8 Å². The third kappa shape index (κ3) is 6.22. The number of carbonyl (C=O) groups is 3. The number of aryl methyl sites for hydroxylation is 1. The summed E-state index contributed by atoms with van der Waals surface area (Å²) in [4.78, 5) is 37.1. The first-order valence-electron chi connectivity index (χ1n) is 9.92. The van der Waals surface area contributed by atoms with Gasteiger partial charge in [0.15, 0.2) is 11.6 Å². The minimum atomic E-state index is -3.10. The van der Waals surface area contributed by atoms with Gasteiger partial charge in [0.05, 0.1) is 12.6 Å². The number of rotatable bonds is 8. The number of carbonyl (C=O) groups excluding carboxylic acids is 2. The van der Waals surface area contributed by atoms with Crippen molar-refractivity contribution in [1.29, 1.82) is 0 Å². The van der Waals surface area contributed by atoms with Crippen LogP contribution in [0.5, 0.6) is 11.5 Å². The zero-order valence-electron chi connectivity index (χ0n) is 17.5. The lowest BCUT2D eigenvalue weighted by atomic mass is 10.2. The molecule has 2 aromatic rings. The van der Waals surface area contributed by atoms with Crippen molar-refractivity contribution in [1.82, 2.24) is 10.2 Å². The minimum absolute atomic E-state index is 0.0253. The molecule has 2 amide bonds. The van der Waals surface area contributed by atoms with Crippen LogP contribution in [0.25, 0.3) is 0 Å². The molecular weight excluding hydrogens is 445 g/mol. The fourth-order valence-electron chi connectivity index (χ4n) is 3.43. The molecule has 0 bridgehead atoms. The SMILES string of the molecule is Cc1ccc(Oc2cccc(C(=O)NCC(=O)N3CC(OC(F)F)C[C@H]3C(=O)O)c2)c(F)c1. The van der Waals surface area contributed by atoms with Gasteiger partial charge in [-0.15, -0.1) is 0 Å². The summed E-state index contributed by atoms with van der Waals surface area (Å²) in [5.41, 5.74) is 0.829. The number of amides is 2. The van der Waals surface area contributed by atoms with Crippen LogP contribution >= 0.6 is 0 Å². The monoisotopic (exact) mass is 466 g/mol. The smallest absolute Gasteiger partial charge is 0.345 e. The number of hydrogen-bond acceptors (Lipinski definition) is 5. The molecule has 1 unspecified atom stereocenters. The number of carboxylic acids is 1. The van der Waals surface area contributed by atoms with E-state index in [4.69, 9.17) is 4.74 Å². The van der Waals surface area contributed by atoms with Gasteiger partial charge >= 0.3 is 12.6 Å². The molecule has 1 aliphatic rings. The van der Waals surface area contributed by atoms with Gasteiger partial charge in [0, 0.05) is 18.5 Å². The number of nitrogens with zero attached hydrogens (tertiary/aromatic N) is 1. The maximum Gasteiger partial charge on any atom is 0.345 e. The Morgan fingerprint density at radius 2 is 1.97 bits per heavy atom. The normalized spacial score (nSPS) is 17.8. The highest BCUT2D eigenvalue weighted by Gasteiger charge is 2.41.